The first-order chi connectivity index (χ1) is 5.45. The first-order valence-electron chi connectivity index (χ1n) is 4.42. The van der Waals surface area contributed by atoms with Crippen molar-refractivity contribution in [3.05, 3.63) is 0 Å². The zero-order valence-electron chi connectivity index (χ0n) is 9.47. The maximum atomic E-state index is 10.9. The van der Waals surface area contributed by atoms with Gasteiger partial charge in [0.1, 0.15) is 13.2 Å². The molecule has 0 rings (SSSR count). The zero-order chi connectivity index (χ0) is 9.61. The van der Waals surface area contributed by atoms with Crippen LogP contribution in [0.15, 0.2) is 0 Å². The van der Waals surface area contributed by atoms with E-state index in [0.717, 1.165) is 17.4 Å². The highest BCUT2D eigenvalue weighted by Gasteiger charge is 2.08. The number of carbonyl (C=O) groups is 1. The van der Waals surface area contributed by atoms with Gasteiger partial charge in [-0.15, -0.1) is 0 Å². The number of rotatable bonds is 5. The number of halogens is 1. The van der Waals surface area contributed by atoms with Gasteiger partial charge < -0.3 is 27.1 Å². The van der Waals surface area contributed by atoms with E-state index >= 15 is 0 Å². The molecule has 5 heteroatoms. The van der Waals surface area contributed by atoms with Crippen molar-refractivity contribution in [1.82, 2.24) is 0 Å². The summed E-state index contributed by atoms with van der Waals surface area (Å²) >= 11 is 0. The van der Waals surface area contributed by atoms with E-state index in [1.54, 1.807) is 0 Å². The molecule has 0 fully saturated rings. The fourth-order valence-corrected chi connectivity index (χ4v) is 0.710. The Morgan fingerprint density at radius 2 is 1.79 bits per heavy atom. The Morgan fingerprint density at radius 3 is 2.14 bits per heavy atom. The Hall–Kier alpha value is -0.320. The maximum Gasteiger partial charge on any atom is 0.305 e. The van der Waals surface area contributed by atoms with E-state index in [9.17, 15) is 4.79 Å². The van der Waals surface area contributed by atoms with Gasteiger partial charge in [0.2, 0.25) is 0 Å². The van der Waals surface area contributed by atoms with Gasteiger partial charge in [0.25, 0.3) is 0 Å². The molecule has 4 nitrogen and oxygen atoms in total. The van der Waals surface area contributed by atoms with Crippen LogP contribution in [0.5, 0.6) is 0 Å². The number of esters is 1. The van der Waals surface area contributed by atoms with Gasteiger partial charge in [-0.25, -0.2) is 0 Å². The van der Waals surface area contributed by atoms with Crippen molar-refractivity contribution >= 4 is 5.97 Å². The molecule has 0 saturated carbocycles. The third-order valence-corrected chi connectivity index (χ3v) is 1.48. The molecule has 0 aromatic heterocycles. The number of likely N-dealkylation sites (N-methyl/N-ethyl adjacent to an activating group) is 1. The van der Waals surface area contributed by atoms with Crippen LogP contribution < -0.4 is 12.4 Å². The summed E-state index contributed by atoms with van der Waals surface area (Å²) in [7, 11) is 6.23. The van der Waals surface area contributed by atoms with Gasteiger partial charge in [-0.05, 0) is 6.42 Å². The minimum absolute atomic E-state index is 0. The third-order valence-electron chi connectivity index (χ3n) is 1.48. The lowest BCUT2D eigenvalue weighted by Gasteiger charge is -2.23. The van der Waals surface area contributed by atoms with Crippen LogP contribution in [0.25, 0.3) is 0 Å². The molecule has 0 heterocycles. The van der Waals surface area contributed by atoms with E-state index in [-0.39, 0.29) is 23.9 Å². The predicted octanol–water partition coefficient (Wildman–Crippen LogP) is -2.78. The summed E-state index contributed by atoms with van der Waals surface area (Å²) in [4.78, 5) is 10.9. The second-order valence-corrected chi connectivity index (χ2v) is 3.98. The van der Waals surface area contributed by atoms with E-state index < -0.39 is 0 Å². The lowest BCUT2D eigenvalue weighted by atomic mass is 10.3. The van der Waals surface area contributed by atoms with Gasteiger partial charge in [0.05, 0.1) is 21.1 Å². The fourth-order valence-electron chi connectivity index (χ4n) is 0.710. The summed E-state index contributed by atoms with van der Waals surface area (Å²) in [6.07, 6.45) is 1.40. The van der Waals surface area contributed by atoms with Gasteiger partial charge in [-0.1, -0.05) is 6.92 Å². The van der Waals surface area contributed by atoms with Crippen LogP contribution in [0, 0.1) is 0 Å². The standard InChI is InChI=1S/C9H20NO2.ClH.H2O/c1-5-6-9(11)12-8-7-10(2,3)4;;/h5-8H2,1-4H3;1H;1H2/q+1;;/p-1. The van der Waals surface area contributed by atoms with Gasteiger partial charge >= 0.3 is 5.97 Å². The molecule has 0 atom stereocenters. The van der Waals surface area contributed by atoms with Gasteiger partial charge in [-0.3, -0.25) is 4.79 Å². The van der Waals surface area contributed by atoms with Crippen molar-refractivity contribution in [3.8, 4) is 0 Å². The van der Waals surface area contributed by atoms with Crippen molar-refractivity contribution < 1.29 is 31.9 Å². The molecule has 0 aliphatic rings. The Morgan fingerprint density at radius 1 is 1.29 bits per heavy atom. The molecule has 0 aliphatic carbocycles. The molecule has 0 amide bonds. The Bertz CT molecular complexity index is 145. The highest BCUT2D eigenvalue weighted by molar-refractivity contribution is 5.69. The Labute approximate surface area is 92.5 Å². The molecule has 0 aromatic rings. The van der Waals surface area contributed by atoms with Crippen molar-refractivity contribution in [3.63, 3.8) is 0 Å². The number of hydrogen-bond donors (Lipinski definition) is 0. The summed E-state index contributed by atoms with van der Waals surface area (Å²) in [5.74, 6) is -0.0778. The minimum Gasteiger partial charge on any atom is -1.00 e. The summed E-state index contributed by atoms with van der Waals surface area (Å²) in [6, 6.07) is 0. The maximum absolute atomic E-state index is 10.9. The molecule has 0 aromatic carbocycles. The number of hydrogen-bond acceptors (Lipinski definition) is 2. The number of carbonyl (C=O) groups excluding carboxylic acids is 1. The molecule has 0 saturated heterocycles. The van der Waals surface area contributed by atoms with Crippen LogP contribution in [0.2, 0.25) is 0 Å². The van der Waals surface area contributed by atoms with Gasteiger partial charge in [-0.2, -0.15) is 0 Å². The van der Waals surface area contributed by atoms with Crippen LogP contribution in [-0.4, -0.2) is 50.2 Å². The monoisotopic (exact) mass is 227 g/mol. The number of quaternary nitrogens is 1. The molecule has 0 unspecified atom stereocenters. The lowest BCUT2D eigenvalue weighted by molar-refractivity contribution is -0.870. The number of ether oxygens (including phenoxy) is 1. The topological polar surface area (TPSA) is 57.8 Å². The largest absolute Gasteiger partial charge is 1.00 e. The predicted molar refractivity (Wildman–Crippen MR) is 52.4 cm³/mol. The third kappa shape index (κ3) is 14.2. The second-order valence-electron chi connectivity index (χ2n) is 3.98. The molecule has 2 N–H and O–H groups in total. The quantitative estimate of drug-likeness (QED) is 0.377. The van der Waals surface area contributed by atoms with Crippen molar-refractivity contribution in [2.45, 2.75) is 19.8 Å². The SMILES string of the molecule is CCCC(=O)OCC[N+](C)(C)C.O.[Cl-]. The van der Waals surface area contributed by atoms with Crippen molar-refractivity contribution in [1.29, 1.82) is 0 Å². The van der Waals surface area contributed by atoms with E-state index in [4.69, 9.17) is 4.74 Å². The molecular formula is C9H22ClNO3. The molecule has 88 valence electrons. The van der Waals surface area contributed by atoms with Crippen LogP contribution >= 0.6 is 0 Å². The van der Waals surface area contributed by atoms with Crippen LogP contribution in [-0.2, 0) is 9.53 Å². The first-order valence-corrected chi connectivity index (χ1v) is 4.42. The van der Waals surface area contributed by atoms with E-state index in [1.165, 1.54) is 0 Å². The second kappa shape index (κ2) is 9.24. The van der Waals surface area contributed by atoms with Gasteiger partial charge in [0, 0.05) is 6.42 Å². The lowest BCUT2D eigenvalue weighted by Crippen LogP contribution is -3.00. The average Bonchev–Trinajstić information content (AvgIpc) is 1.84. The van der Waals surface area contributed by atoms with Crippen LogP contribution in [0.3, 0.4) is 0 Å². The fraction of sp³-hybridized carbons (Fsp3) is 0.889. The Balaban J connectivity index is -0.000000605. The Kier molecular flexibility index (Phi) is 12.7. The van der Waals surface area contributed by atoms with E-state index in [2.05, 4.69) is 21.1 Å². The molecule has 0 aliphatic heterocycles. The molecule has 0 radical (unpaired) electrons. The molecule has 14 heavy (non-hydrogen) atoms. The molecule has 0 bridgehead atoms. The summed E-state index contributed by atoms with van der Waals surface area (Å²) < 4.78 is 5.84. The summed E-state index contributed by atoms with van der Waals surface area (Å²) in [5, 5.41) is 0. The normalized spacial score (nSPS) is 9.71. The average molecular weight is 228 g/mol. The van der Waals surface area contributed by atoms with E-state index in [0.29, 0.717) is 13.0 Å². The minimum atomic E-state index is -0.0778. The molecule has 0 spiro atoms. The van der Waals surface area contributed by atoms with Crippen molar-refractivity contribution in [2.24, 2.45) is 0 Å². The highest BCUT2D eigenvalue weighted by atomic mass is 35.5. The summed E-state index contributed by atoms with van der Waals surface area (Å²) in [6.45, 7) is 3.37. The van der Waals surface area contributed by atoms with Gasteiger partial charge in [0.15, 0.2) is 0 Å². The molecular weight excluding hydrogens is 206 g/mol. The highest BCUT2D eigenvalue weighted by Crippen LogP contribution is 1.93. The van der Waals surface area contributed by atoms with Crippen molar-refractivity contribution in [2.75, 3.05) is 34.3 Å². The smallest absolute Gasteiger partial charge is 0.305 e. The zero-order valence-corrected chi connectivity index (χ0v) is 10.2. The van der Waals surface area contributed by atoms with Crippen LogP contribution in [0.1, 0.15) is 19.8 Å². The number of nitrogens with zero attached hydrogens (tertiary/aromatic N) is 1. The van der Waals surface area contributed by atoms with E-state index in [1.807, 2.05) is 6.92 Å². The summed E-state index contributed by atoms with van der Waals surface area (Å²) in [5.41, 5.74) is 0. The van der Waals surface area contributed by atoms with Crippen LogP contribution in [0.4, 0.5) is 0 Å². The first kappa shape index (κ1) is 19.3.